The number of amidine groups is 1. The lowest BCUT2D eigenvalue weighted by molar-refractivity contribution is -0.464. The van der Waals surface area contributed by atoms with E-state index in [-0.39, 0.29) is 11.6 Å². The Morgan fingerprint density at radius 2 is 2.32 bits per heavy atom. The molecule has 0 radical (unpaired) electrons. The summed E-state index contributed by atoms with van der Waals surface area (Å²) >= 11 is 5.62. The number of hydrogen-bond donors (Lipinski definition) is 0. The fourth-order valence-electron chi connectivity index (χ4n) is 1.99. The molecule has 19 heavy (non-hydrogen) atoms. The van der Waals surface area contributed by atoms with E-state index in [2.05, 4.69) is 4.99 Å². The molecule has 0 aromatic heterocycles. The van der Waals surface area contributed by atoms with Crippen LogP contribution in [0.1, 0.15) is 12.0 Å². The Labute approximate surface area is 114 Å². The largest absolute Gasteiger partial charge is 0.350 e. The number of nitro groups is 1. The zero-order chi connectivity index (χ0) is 13.8. The summed E-state index contributed by atoms with van der Waals surface area (Å²) in [4.78, 5) is 16.2. The second-order valence-corrected chi connectivity index (χ2v) is 4.72. The summed E-state index contributed by atoms with van der Waals surface area (Å²) < 4.78 is 13.4. The molecule has 1 heterocycles. The molecular weight excluding hydrogens is 273 g/mol. The Bertz CT molecular complexity index is 522. The van der Waals surface area contributed by atoms with Crippen molar-refractivity contribution in [2.24, 2.45) is 4.99 Å². The maximum absolute atomic E-state index is 13.4. The molecule has 7 heteroatoms. The summed E-state index contributed by atoms with van der Waals surface area (Å²) in [7, 11) is 0. The van der Waals surface area contributed by atoms with Gasteiger partial charge in [0.25, 0.3) is 6.54 Å². The van der Waals surface area contributed by atoms with Crippen molar-refractivity contribution >= 4 is 17.4 Å². The lowest BCUT2D eigenvalue weighted by Gasteiger charge is -2.27. The maximum Gasteiger partial charge on any atom is 0.260 e. The van der Waals surface area contributed by atoms with Crippen LogP contribution in [0.2, 0.25) is 5.02 Å². The molecule has 1 aliphatic rings. The molecular formula is C12H13ClFN3O2. The van der Waals surface area contributed by atoms with Gasteiger partial charge in [0.2, 0.25) is 0 Å². The van der Waals surface area contributed by atoms with Crippen LogP contribution < -0.4 is 0 Å². The average molecular weight is 286 g/mol. The molecule has 0 unspecified atom stereocenters. The minimum Gasteiger partial charge on any atom is -0.350 e. The van der Waals surface area contributed by atoms with Crippen molar-refractivity contribution in [3.63, 3.8) is 0 Å². The summed E-state index contributed by atoms with van der Waals surface area (Å²) in [6.07, 6.45) is 0.845. The van der Waals surface area contributed by atoms with Crippen LogP contribution in [0.5, 0.6) is 0 Å². The monoisotopic (exact) mass is 285 g/mol. The van der Waals surface area contributed by atoms with E-state index < -0.39 is 10.7 Å². The van der Waals surface area contributed by atoms with Crippen molar-refractivity contribution in [3.05, 3.63) is 44.7 Å². The normalized spacial score (nSPS) is 15.3. The summed E-state index contributed by atoms with van der Waals surface area (Å²) in [5, 5.41) is 10.7. The predicted molar refractivity (Wildman–Crippen MR) is 70.6 cm³/mol. The number of benzene rings is 1. The third-order valence-electron chi connectivity index (χ3n) is 2.87. The van der Waals surface area contributed by atoms with Crippen molar-refractivity contribution in [2.75, 3.05) is 19.6 Å². The Hall–Kier alpha value is -1.69. The molecule has 0 atom stereocenters. The molecule has 102 valence electrons. The van der Waals surface area contributed by atoms with Crippen LogP contribution in [0.25, 0.3) is 0 Å². The van der Waals surface area contributed by atoms with Gasteiger partial charge in [-0.05, 0) is 24.1 Å². The van der Waals surface area contributed by atoms with Crippen LogP contribution >= 0.6 is 11.6 Å². The first-order valence-electron chi connectivity index (χ1n) is 5.90. The minimum atomic E-state index is -0.482. The number of hydrogen-bond acceptors (Lipinski definition) is 4. The second kappa shape index (κ2) is 5.97. The van der Waals surface area contributed by atoms with E-state index in [1.807, 2.05) is 4.90 Å². The van der Waals surface area contributed by atoms with Gasteiger partial charge in [0.05, 0.1) is 5.02 Å². The SMILES string of the molecule is O=[N+]([O-])CC1=NCCCN1Cc1ccc(Cl)c(F)c1. The van der Waals surface area contributed by atoms with E-state index >= 15 is 0 Å². The molecule has 0 spiro atoms. The zero-order valence-electron chi connectivity index (χ0n) is 10.2. The smallest absolute Gasteiger partial charge is 0.260 e. The highest BCUT2D eigenvalue weighted by Gasteiger charge is 2.20. The molecule has 5 nitrogen and oxygen atoms in total. The van der Waals surface area contributed by atoms with Gasteiger partial charge in [-0.15, -0.1) is 0 Å². The summed E-state index contributed by atoms with van der Waals surface area (Å²) in [6, 6.07) is 4.55. The van der Waals surface area contributed by atoms with Gasteiger partial charge in [-0.1, -0.05) is 17.7 Å². The lowest BCUT2D eigenvalue weighted by atomic mass is 10.2. The molecule has 0 saturated carbocycles. The lowest BCUT2D eigenvalue weighted by Crippen LogP contribution is -2.39. The molecule has 1 aliphatic heterocycles. The van der Waals surface area contributed by atoms with Crippen molar-refractivity contribution < 1.29 is 9.31 Å². The maximum atomic E-state index is 13.4. The van der Waals surface area contributed by atoms with Crippen molar-refractivity contribution in [1.82, 2.24) is 4.90 Å². The molecule has 0 bridgehead atoms. The van der Waals surface area contributed by atoms with Crippen LogP contribution in [-0.4, -0.2) is 35.3 Å². The first-order valence-corrected chi connectivity index (χ1v) is 6.28. The highest BCUT2D eigenvalue weighted by molar-refractivity contribution is 6.30. The van der Waals surface area contributed by atoms with Gasteiger partial charge in [-0.2, -0.15) is 0 Å². The second-order valence-electron chi connectivity index (χ2n) is 4.31. The highest BCUT2D eigenvalue weighted by Crippen LogP contribution is 2.17. The topological polar surface area (TPSA) is 58.7 Å². The molecule has 0 fully saturated rings. The van der Waals surface area contributed by atoms with E-state index in [0.717, 1.165) is 12.0 Å². The van der Waals surface area contributed by atoms with Crippen molar-refractivity contribution in [2.45, 2.75) is 13.0 Å². The molecule has 1 aromatic carbocycles. The van der Waals surface area contributed by atoms with Crippen LogP contribution in [-0.2, 0) is 6.54 Å². The zero-order valence-corrected chi connectivity index (χ0v) is 10.9. The number of halogens is 2. The fraction of sp³-hybridized carbons (Fsp3) is 0.417. The van der Waals surface area contributed by atoms with Crippen molar-refractivity contribution in [1.29, 1.82) is 0 Å². The minimum absolute atomic E-state index is 0.0709. The molecule has 2 rings (SSSR count). The Balaban J connectivity index is 2.11. The van der Waals surface area contributed by atoms with E-state index in [4.69, 9.17) is 11.6 Å². The molecule has 0 aliphatic carbocycles. The van der Waals surface area contributed by atoms with Gasteiger partial charge in [0.1, 0.15) is 5.82 Å². The van der Waals surface area contributed by atoms with Crippen LogP contribution in [0, 0.1) is 15.9 Å². The summed E-state index contributed by atoms with van der Waals surface area (Å²) in [5.74, 6) is -0.0319. The van der Waals surface area contributed by atoms with Crippen LogP contribution in [0.15, 0.2) is 23.2 Å². The van der Waals surface area contributed by atoms with Crippen LogP contribution in [0.4, 0.5) is 4.39 Å². The number of rotatable bonds is 4. The molecule has 0 saturated heterocycles. The first-order chi connectivity index (χ1) is 9.06. The number of aliphatic imine (C=N–C) groups is 1. The summed E-state index contributed by atoms with van der Waals surface area (Å²) in [5.41, 5.74) is 0.722. The molecule has 1 aromatic rings. The van der Waals surface area contributed by atoms with Crippen molar-refractivity contribution in [3.8, 4) is 0 Å². The average Bonchev–Trinajstić information content (AvgIpc) is 2.36. The molecule has 0 N–H and O–H groups in total. The fourth-order valence-corrected chi connectivity index (χ4v) is 2.11. The van der Waals surface area contributed by atoms with Gasteiger partial charge in [0.15, 0.2) is 5.84 Å². The van der Waals surface area contributed by atoms with Gasteiger partial charge in [-0.3, -0.25) is 15.1 Å². The molecule has 0 amide bonds. The quantitative estimate of drug-likeness (QED) is 0.630. The Morgan fingerprint density at radius 1 is 1.53 bits per heavy atom. The predicted octanol–water partition coefficient (Wildman–Crippen LogP) is 2.36. The first kappa shape index (κ1) is 13.7. The standard InChI is InChI=1S/C12H13ClFN3O2/c13-10-3-2-9(6-11(10)14)7-16-5-1-4-15-12(16)8-17(18)19/h2-3,6H,1,4-5,7-8H2. The third-order valence-corrected chi connectivity index (χ3v) is 3.18. The van der Waals surface area contributed by atoms with E-state index in [1.54, 1.807) is 6.07 Å². The highest BCUT2D eigenvalue weighted by atomic mass is 35.5. The van der Waals surface area contributed by atoms with Crippen LogP contribution in [0.3, 0.4) is 0 Å². The third kappa shape index (κ3) is 3.64. The van der Waals surface area contributed by atoms with E-state index in [0.29, 0.717) is 25.5 Å². The Morgan fingerprint density at radius 3 is 3.00 bits per heavy atom. The van der Waals surface area contributed by atoms with Gasteiger partial charge >= 0.3 is 0 Å². The number of nitrogens with zero attached hydrogens (tertiary/aromatic N) is 3. The van der Waals surface area contributed by atoms with E-state index in [1.165, 1.54) is 12.1 Å². The Kier molecular flexibility index (Phi) is 4.31. The summed E-state index contributed by atoms with van der Waals surface area (Å²) in [6.45, 7) is 1.41. The van der Waals surface area contributed by atoms with Gasteiger partial charge < -0.3 is 4.90 Å². The van der Waals surface area contributed by atoms with E-state index in [9.17, 15) is 14.5 Å². The van der Waals surface area contributed by atoms with Gasteiger partial charge in [0, 0.05) is 24.6 Å². The van der Waals surface area contributed by atoms with Gasteiger partial charge in [-0.25, -0.2) is 4.39 Å².